The van der Waals surface area contributed by atoms with Gasteiger partial charge in [-0.25, -0.2) is 4.98 Å². The Morgan fingerprint density at radius 2 is 2.00 bits per heavy atom. The molecule has 2 heterocycles. The molecule has 1 fully saturated rings. The van der Waals surface area contributed by atoms with Crippen molar-refractivity contribution in [3.63, 3.8) is 0 Å². The summed E-state index contributed by atoms with van der Waals surface area (Å²) in [4.78, 5) is 23.2. The van der Waals surface area contributed by atoms with Gasteiger partial charge in [0.25, 0.3) is 5.91 Å². The molecule has 1 amide bonds. The Bertz CT molecular complexity index is 758. The Kier molecular flexibility index (Phi) is 4.97. The fourth-order valence-corrected chi connectivity index (χ4v) is 4.22. The smallest absolute Gasteiger partial charge is 0.253 e. The Morgan fingerprint density at radius 1 is 1.32 bits per heavy atom. The zero-order chi connectivity index (χ0) is 18.2. The van der Waals surface area contributed by atoms with Crippen molar-refractivity contribution in [2.75, 3.05) is 19.0 Å². The maximum absolute atomic E-state index is 12.5. The molecule has 1 aliphatic carbocycles. The highest BCUT2D eigenvalue weighted by Gasteiger charge is 2.31. The van der Waals surface area contributed by atoms with Crippen molar-refractivity contribution in [1.29, 1.82) is 0 Å². The van der Waals surface area contributed by atoms with Crippen molar-refractivity contribution in [2.45, 2.75) is 51.2 Å². The van der Waals surface area contributed by atoms with Crippen LogP contribution in [0.15, 0.2) is 12.3 Å². The van der Waals surface area contributed by atoms with Crippen LogP contribution in [0, 0.1) is 5.92 Å². The number of fused-ring (bicyclic) bond motifs is 1. The molecule has 0 atom stereocenters. The Morgan fingerprint density at radius 3 is 2.60 bits per heavy atom. The number of amides is 1. The monoisotopic (exact) mass is 362 g/mol. The van der Waals surface area contributed by atoms with E-state index in [1.54, 1.807) is 6.20 Å². The topological polar surface area (TPSA) is 78.4 Å². The number of thiazole rings is 1. The minimum Gasteiger partial charge on any atom is -0.390 e. The number of nitrogens with zero attached hydrogens (tertiary/aromatic N) is 3. The molecule has 2 aromatic heterocycles. The molecule has 6 nitrogen and oxygen atoms in total. The van der Waals surface area contributed by atoms with Crippen LogP contribution in [0.4, 0.5) is 5.13 Å². The lowest BCUT2D eigenvalue weighted by atomic mass is 9.77. The number of hydrogen-bond donors (Lipinski definition) is 2. The van der Waals surface area contributed by atoms with Gasteiger partial charge in [0.05, 0.1) is 15.9 Å². The van der Waals surface area contributed by atoms with Gasteiger partial charge in [0, 0.05) is 26.3 Å². The van der Waals surface area contributed by atoms with Crippen LogP contribution in [0.1, 0.15) is 49.9 Å². The van der Waals surface area contributed by atoms with E-state index >= 15 is 0 Å². The van der Waals surface area contributed by atoms with Gasteiger partial charge >= 0.3 is 0 Å². The minimum atomic E-state index is -0.639. The van der Waals surface area contributed by atoms with Crippen molar-refractivity contribution < 1.29 is 9.90 Å². The maximum Gasteiger partial charge on any atom is 0.253 e. The first kappa shape index (κ1) is 18.1. The van der Waals surface area contributed by atoms with Crippen LogP contribution < -0.4 is 10.2 Å². The summed E-state index contributed by atoms with van der Waals surface area (Å²) in [5.74, 6) is 0.223. The normalized spacial score (nSPS) is 21.3. The molecule has 136 valence electrons. The number of aliphatic hydroxyl groups is 1. The molecule has 0 radical (unpaired) electrons. The number of aromatic nitrogens is 2. The minimum absolute atomic E-state index is 0.0825. The lowest BCUT2D eigenvalue weighted by Gasteiger charge is -2.36. The number of carbonyl (C=O) groups is 1. The lowest BCUT2D eigenvalue weighted by Crippen LogP contribution is -2.41. The van der Waals surface area contributed by atoms with Gasteiger partial charge in [-0.3, -0.25) is 4.79 Å². The molecular weight excluding hydrogens is 336 g/mol. The molecule has 0 spiro atoms. The van der Waals surface area contributed by atoms with E-state index in [4.69, 9.17) is 0 Å². The molecular formula is C18H26N4O2S. The molecule has 2 N–H and O–H groups in total. The van der Waals surface area contributed by atoms with E-state index in [0.29, 0.717) is 17.1 Å². The zero-order valence-corrected chi connectivity index (χ0v) is 16.1. The Labute approximate surface area is 152 Å². The summed E-state index contributed by atoms with van der Waals surface area (Å²) < 4.78 is 0.919. The summed E-state index contributed by atoms with van der Waals surface area (Å²) in [5.41, 5.74) is 0.613. The number of hydrogen-bond acceptors (Lipinski definition) is 6. The largest absolute Gasteiger partial charge is 0.390 e. The van der Waals surface area contributed by atoms with Gasteiger partial charge in [-0.1, -0.05) is 11.3 Å². The van der Waals surface area contributed by atoms with E-state index in [-0.39, 0.29) is 11.9 Å². The molecule has 3 rings (SSSR count). The fraction of sp³-hybridized carbons (Fsp3) is 0.611. The highest BCUT2D eigenvalue weighted by molar-refractivity contribution is 7.22. The Balaban J connectivity index is 1.65. The van der Waals surface area contributed by atoms with Crippen LogP contribution in [-0.2, 0) is 0 Å². The number of anilines is 1. The Hall–Kier alpha value is -1.73. The van der Waals surface area contributed by atoms with E-state index in [1.165, 1.54) is 11.3 Å². The number of nitrogens with one attached hydrogen (secondary N) is 1. The first-order valence-corrected chi connectivity index (χ1v) is 9.53. The van der Waals surface area contributed by atoms with E-state index in [1.807, 2.05) is 38.9 Å². The summed E-state index contributed by atoms with van der Waals surface area (Å²) >= 11 is 1.53. The number of carbonyl (C=O) groups excluding carboxylic acids is 1. The van der Waals surface area contributed by atoms with E-state index < -0.39 is 5.60 Å². The van der Waals surface area contributed by atoms with Crippen LogP contribution in [0.5, 0.6) is 0 Å². The average Bonchev–Trinajstić information content (AvgIpc) is 2.98. The summed E-state index contributed by atoms with van der Waals surface area (Å²) in [6.07, 6.45) is 5.28. The highest BCUT2D eigenvalue weighted by Crippen LogP contribution is 2.32. The molecule has 0 saturated heterocycles. The third kappa shape index (κ3) is 4.10. The molecule has 0 aliphatic heterocycles. The molecule has 2 aromatic rings. The quantitative estimate of drug-likeness (QED) is 0.874. The van der Waals surface area contributed by atoms with E-state index in [9.17, 15) is 9.90 Å². The molecule has 1 aliphatic rings. The van der Waals surface area contributed by atoms with Gasteiger partial charge in [0.2, 0.25) is 0 Å². The van der Waals surface area contributed by atoms with Crippen molar-refractivity contribution in [2.24, 2.45) is 5.92 Å². The summed E-state index contributed by atoms with van der Waals surface area (Å²) in [5, 5.41) is 14.1. The summed E-state index contributed by atoms with van der Waals surface area (Å²) in [6.45, 7) is 3.74. The molecule has 1 saturated carbocycles. The van der Waals surface area contributed by atoms with Crippen LogP contribution in [-0.4, -0.2) is 46.7 Å². The van der Waals surface area contributed by atoms with Gasteiger partial charge in [-0.15, -0.1) is 0 Å². The second-order valence-corrected chi connectivity index (χ2v) is 8.62. The van der Waals surface area contributed by atoms with Gasteiger partial charge in [0.1, 0.15) is 0 Å². The van der Waals surface area contributed by atoms with Crippen molar-refractivity contribution >= 4 is 32.7 Å². The standard InChI is InChI=1S/C18H26N4O2S/c1-18(2,24)12-5-7-13(8-6-12)20-16(23)11-9-14-15(19-10-11)21-17(25-14)22(3)4/h9-10,12-13,24H,5-8H2,1-4H3,(H,20,23). The summed E-state index contributed by atoms with van der Waals surface area (Å²) in [6, 6.07) is 2.03. The van der Waals surface area contributed by atoms with Crippen LogP contribution >= 0.6 is 11.3 Å². The zero-order valence-electron chi connectivity index (χ0n) is 15.2. The maximum atomic E-state index is 12.5. The molecule has 0 aromatic carbocycles. The van der Waals surface area contributed by atoms with E-state index in [0.717, 1.165) is 35.5 Å². The van der Waals surface area contributed by atoms with Gasteiger partial charge in [0.15, 0.2) is 10.8 Å². The van der Waals surface area contributed by atoms with Gasteiger partial charge in [-0.05, 0) is 51.5 Å². The number of rotatable bonds is 4. The van der Waals surface area contributed by atoms with Crippen molar-refractivity contribution in [3.05, 3.63) is 17.8 Å². The highest BCUT2D eigenvalue weighted by atomic mass is 32.1. The average molecular weight is 362 g/mol. The van der Waals surface area contributed by atoms with E-state index in [2.05, 4.69) is 15.3 Å². The third-order valence-corrected chi connectivity index (χ3v) is 6.10. The fourth-order valence-electron chi connectivity index (χ4n) is 3.34. The second kappa shape index (κ2) is 6.88. The van der Waals surface area contributed by atoms with Crippen LogP contribution in [0.3, 0.4) is 0 Å². The van der Waals surface area contributed by atoms with Crippen molar-refractivity contribution in [3.8, 4) is 0 Å². The first-order valence-electron chi connectivity index (χ1n) is 8.71. The SMILES string of the molecule is CN(C)c1nc2ncc(C(=O)NC3CCC(C(C)(C)O)CC3)cc2s1. The lowest BCUT2D eigenvalue weighted by molar-refractivity contribution is -0.00257. The molecule has 7 heteroatoms. The van der Waals surface area contributed by atoms with Crippen molar-refractivity contribution in [1.82, 2.24) is 15.3 Å². The van der Waals surface area contributed by atoms with Crippen LogP contribution in [0.25, 0.3) is 10.3 Å². The first-order chi connectivity index (χ1) is 11.7. The van der Waals surface area contributed by atoms with Gasteiger partial charge in [-0.2, -0.15) is 4.98 Å². The van der Waals surface area contributed by atoms with Crippen LogP contribution in [0.2, 0.25) is 0 Å². The predicted octanol–water partition coefficient (Wildman–Crippen LogP) is 2.82. The second-order valence-electron chi connectivity index (χ2n) is 7.61. The summed E-state index contributed by atoms with van der Waals surface area (Å²) in [7, 11) is 3.88. The number of pyridine rings is 1. The predicted molar refractivity (Wildman–Crippen MR) is 101 cm³/mol. The van der Waals surface area contributed by atoms with Gasteiger partial charge < -0.3 is 15.3 Å². The molecule has 25 heavy (non-hydrogen) atoms. The molecule has 0 bridgehead atoms. The molecule has 0 unspecified atom stereocenters. The third-order valence-electron chi connectivity index (χ3n) is 4.94.